The number of piperidine rings is 1. The first-order chi connectivity index (χ1) is 14.0. The molecule has 2 aromatic heterocycles. The standard InChI is InChI=1S/C20H24N6O2S/c1-14-13-29-19(21-14)22-17(27)12-25-10-8-15(9-11-25)18-23-24(2)20(28)26(18)16-6-4-3-5-7-16/h3-7,13,15H,8-12H2,1-2H3,(H,21,22,27). The van der Waals surface area contributed by atoms with Gasteiger partial charge in [-0.15, -0.1) is 11.3 Å². The molecule has 0 atom stereocenters. The van der Waals surface area contributed by atoms with Gasteiger partial charge in [-0.25, -0.2) is 19.0 Å². The van der Waals surface area contributed by atoms with Crippen molar-refractivity contribution < 1.29 is 4.79 Å². The Labute approximate surface area is 172 Å². The van der Waals surface area contributed by atoms with Crippen LogP contribution in [0.5, 0.6) is 0 Å². The third-order valence-corrected chi connectivity index (χ3v) is 6.02. The SMILES string of the molecule is Cc1csc(NC(=O)CN2CCC(c3nn(C)c(=O)n3-c3ccccc3)CC2)n1. The highest BCUT2D eigenvalue weighted by Crippen LogP contribution is 2.27. The third kappa shape index (κ3) is 4.30. The number of amides is 1. The molecule has 29 heavy (non-hydrogen) atoms. The molecule has 1 saturated heterocycles. The van der Waals surface area contributed by atoms with Gasteiger partial charge in [0, 0.05) is 18.3 Å². The first-order valence-corrected chi connectivity index (χ1v) is 10.5. The van der Waals surface area contributed by atoms with Crippen LogP contribution in [0.3, 0.4) is 0 Å². The highest BCUT2D eigenvalue weighted by Gasteiger charge is 2.27. The van der Waals surface area contributed by atoms with Crippen molar-refractivity contribution in [3.63, 3.8) is 0 Å². The van der Waals surface area contributed by atoms with Gasteiger partial charge in [-0.2, -0.15) is 5.10 Å². The Balaban J connectivity index is 1.41. The van der Waals surface area contributed by atoms with Crippen LogP contribution in [0.4, 0.5) is 5.13 Å². The number of nitrogens with one attached hydrogen (secondary N) is 1. The van der Waals surface area contributed by atoms with Crippen LogP contribution in [0, 0.1) is 6.92 Å². The van der Waals surface area contributed by atoms with Gasteiger partial charge < -0.3 is 5.32 Å². The van der Waals surface area contributed by atoms with Gasteiger partial charge in [0.05, 0.1) is 17.9 Å². The van der Waals surface area contributed by atoms with Gasteiger partial charge in [-0.05, 0) is 45.0 Å². The quantitative estimate of drug-likeness (QED) is 0.694. The van der Waals surface area contributed by atoms with Gasteiger partial charge in [-0.1, -0.05) is 18.2 Å². The Hall–Kier alpha value is -2.78. The number of nitrogens with zero attached hydrogens (tertiary/aromatic N) is 5. The van der Waals surface area contributed by atoms with Crippen molar-refractivity contribution in [2.75, 3.05) is 25.0 Å². The summed E-state index contributed by atoms with van der Waals surface area (Å²) in [6, 6.07) is 9.62. The lowest BCUT2D eigenvalue weighted by Crippen LogP contribution is -2.39. The van der Waals surface area contributed by atoms with Crippen molar-refractivity contribution in [2.24, 2.45) is 7.05 Å². The molecule has 0 radical (unpaired) electrons. The molecule has 1 aliphatic heterocycles. The Morgan fingerprint density at radius 2 is 1.97 bits per heavy atom. The molecule has 4 rings (SSSR count). The summed E-state index contributed by atoms with van der Waals surface area (Å²) in [7, 11) is 1.69. The van der Waals surface area contributed by atoms with E-state index < -0.39 is 0 Å². The summed E-state index contributed by atoms with van der Waals surface area (Å²) in [6.07, 6.45) is 1.71. The fourth-order valence-corrected chi connectivity index (χ4v) is 4.39. The predicted octanol–water partition coefficient (Wildman–Crippen LogP) is 2.15. The maximum Gasteiger partial charge on any atom is 0.350 e. The van der Waals surface area contributed by atoms with E-state index in [9.17, 15) is 9.59 Å². The van der Waals surface area contributed by atoms with Gasteiger partial charge in [-0.3, -0.25) is 9.69 Å². The zero-order chi connectivity index (χ0) is 20.4. The third-order valence-electron chi connectivity index (χ3n) is 5.15. The monoisotopic (exact) mass is 412 g/mol. The van der Waals surface area contributed by atoms with Gasteiger partial charge in [0.1, 0.15) is 5.82 Å². The zero-order valence-electron chi connectivity index (χ0n) is 16.5. The molecule has 0 aliphatic carbocycles. The molecule has 0 bridgehead atoms. The van der Waals surface area contributed by atoms with Crippen molar-refractivity contribution >= 4 is 22.4 Å². The fourth-order valence-electron chi connectivity index (χ4n) is 3.69. The lowest BCUT2D eigenvalue weighted by atomic mass is 9.95. The van der Waals surface area contributed by atoms with Crippen molar-refractivity contribution in [1.82, 2.24) is 24.2 Å². The first-order valence-electron chi connectivity index (χ1n) is 9.67. The zero-order valence-corrected chi connectivity index (χ0v) is 17.4. The van der Waals surface area contributed by atoms with E-state index in [-0.39, 0.29) is 17.5 Å². The van der Waals surface area contributed by atoms with Gasteiger partial charge in [0.25, 0.3) is 0 Å². The summed E-state index contributed by atoms with van der Waals surface area (Å²) < 4.78 is 3.11. The highest BCUT2D eigenvalue weighted by atomic mass is 32.1. The molecule has 0 spiro atoms. The van der Waals surface area contributed by atoms with Crippen LogP contribution >= 0.6 is 11.3 Å². The molecular weight excluding hydrogens is 388 g/mol. The molecule has 3 heterocycles. The van der Waals surface area contributed by atoms with E-state index in [1.54, 1.807) is 11.6 Å². The molecule has 8 nitrogen and oxygen atoms in total. The van der Waals surface area contributed by atoms with E-state index in [0.29, 0.717) is 11.7 Å². The molecule has 1 fully saturated rings. The molecule has 0 saturated carbocycles. The molecule has 1 amide bonds. The topological polar surface area (TPSA) is 85.0 Å². The second-order valence-electron chi connectivity index (χ2n) is 7.33. The minimum absolute atomic E-state index is 0.0446. The van der Waals surface area contributed by atoms with Gasteiger partial charge in [0.15, 0.2) is 5.13 Å². The summed E-state index contributed by atoms with van der Waals surface area (Å²) in [5, 5.41) is 9.94. The number of hydrogen-bond donors (Lipinski definition) is 1. The number of carbonyl (C=O) groups excluding carboxylic acids is 1. The van der Waals surface area contributed by atoms with Crippen LogP contribution in [-0.4, -0.2) is 49.8 Å². The van der Waals surface area contributed by atoms with Crippen molar-refractivity contribution in [3.05, 3.63) is 57.7 Å². The van der Waals surface area contributed by atoms with E-state index in [2.05, 4.69) is 20.3 Å². The summed E-state index contributed by atoms with van der Waals surface area (Å²) in [6.45, 7) is 3.83. The molecule has 0 unspecified atom stereocenters. The number of anilines is 1. The fraction of sp³-hybridized carbons (Fsp3) is 0.400. The minimum atomic E-state index is -0.133. The van der Waals surface area contributed by atoms with E-state index in [1.807, 2.05) is 42.6 Å². The molecule has 1 N–H and O–H groups in total. The number of aryl methyl sites for hydroxylation is 2. The molecular formula is C20H24N6O2S. The number of hydrogen-bond acceptors (Lipinski definition) is 6. The van der Waals surface area contributed by atoms with Crippen LogP contribution in [0.25, 0.3) is 5.69 Å². The minimum Gasteiger partial charge on any atom is -0.301 e. The second kappa shape index (κ2) is 8.30. The molecule has 1 aromatic carbocycles. The van der Waals surface area contributed by atoms with E-state index in [0.717, 1.165) is 43.1 Å². The maximum atomic E-state index is 12.6. The summed E-state index contributed by atoms with van der Waals surface area (Å²) in [5.41, 5.74) is 1.61. The number of carbonyl (C=O) groups is 1. The number of para-hydroxylation sites is 1. The van der Waals surface area contributed by atoms with Gasteiger partial charge in [0.2, 0.25) is 5.91 Å². The summed E-state index contributed by atoms with van der Waals surface area (Å²) >= 11 is 1.44. The molecule has 152 valence electrons. The Morgan fingerprint density at radius 3 is 2.62 bits per heavy atom. The molecule has 1 aliphatic rings. The number of benzene rings is 1. The second-order valence-corrected chi connectivity index (χ2v) is 8.19. The number of aromatic nitrogens is 4. The van der Waals surface area contributed by atoms with E-state index in [1.165, 1.54) is 16.0 Å². The molecule has 9 heteroatoms. The van der Waals surface area contributed by atoms with Crippen LogP contribution in [0.2, 0.25) is 0 Å². The summed E-state index contributed by atoms with van der Waals surface area (Å²) in [4.78, 5) is 31.3. The Bertz CT molecular complexity index is 1050. The Morgan fingerprint density at radius 1 is 1.24 bits per heavy atom. The Kier molecular flexibility index (Phi) is 5.59. The van der Waals surface area contributed by atoms with Crippen LogP contribution in [0.1, 0.15) is 30.3 Å². The smallest absolute Gasteiger partial charge is 0.301 e. The van der Waals surface area contributed by atoms with Crippen molar-refractivity contribution in [1.29, 1.82) is 0 Å². The van der Waals surface area contributed by atoms with Crippen LogP contribution in [-0.2, 0) is 11.8 Å². The number of rotatable bonds is 5. The lowest BCUT2D eigenvalue weighted by Gasteiger charge is -2.30. The van der Waals surface area contributed by atoms with E-state index in [4.69, 9.17) is 0 Å². The average Bonchev–Trinajstić information content (AvgIpc) is 3.25. The van der Waals surface area contributed by atoms with Crippen molar-refractivity contribution in [3.8, 4) is 5.69 Å². The van der Waals surface area contributed by atoms with Crippen molar-refractivity contribution in [2.45, 2.75) is 25.7 Å². The van der Waals surface area contributed by atoms with Gasteiger partial charge >= 0.3 is 5.69 Å². The average molecular weight is 413 g/mol. The maximum absolute atomic E-state index is 12.6. The number of likely N-dealkylation sites (tertiary alicyclic amines) is 1. The normalized spacial score (nSPS) is 15.5. The highest BCUT2D eigenvalue weighted by molar-refractivity contribution is 7.13. The molecule has 3 aromatic rings. The largest absolute Gasteiger partial charge is 0.350 e. The first kappa shape index (κ1) is 19.5. The van der Waals surface area contributed by atoms with Crippen LogP contribution < -0.4 is 11.0 Å². The van der Waals surface area contributed by atoms with Crippen LogP contribution in [0.15, 0.2) is 40.5 Å². The van der Waals surface area contributed by atoms with E-state index >= 15 is 0 Å². The predicted molar refractivity (Wildman–Crippen MR) is 113 cm³/mol. The lowest BCUT2D eigenvalue weighted by molar-refractivity contribution is -0.117. The number of thiazole rings is 1. The summed E-state index contributed by atoms with van der Waals surface area (Å²) in [5.74, 6) is 0.938.